The van der Waals surface area contributed by atoms with Crippen molar-refractivity contribution in [2.24, 2.45) is 11.8 Å². The average molecular weight is 420 g/mol. The van der Waals surface area contributed by atoms with Gasteiger partial charge in [0.25, 0.3) is 0 Å². The molecule has 3 aliphatic rings. The Morgan fingerprint density at radius 3 is 2.48 bits per heavy atom. The van der Waals surface area contributed by atoms with Crippen LogP contribution in [-0.4, -0.2) is 71.5 Å². The van der Waals surface area contributed by atoms with Crippen molar-refractivity contribution < 1.29 is 19.5 Å². The number of halogens is 1. The quantitative estimate of drug-likeness (QED) is 0.763. The van der Waals surface area contributed by atoms with Crippen LogP contribution in [0.25, 0.3) is 0 Å². The summed E-state index contributed by atoms with van der Waals surface area (Å²) in [6, 6.07) is 7.23. The van der Waals surface area contributed by atoms with Crippen molar-refractivity contribution in [3.8, 4) is 0 Å². The molecular formula is C21H26ClN3O4. The van der Waals surface area contributed by atoms with Crippen molar-refractivity contribution in [1.29, 1.82) is 0 Å². The molecule has 0 bridgehead atoms. The molecule has 1 aliphatic carbocycles. The van der Waals surface area contributed by atoms with Crippen LogP contribution in [0.2, 0.25) is 5.02 Å². The maximum absolute atomic E-state index is 13.8. The monoisotopic (exact) mass is 419 g/mol. The second-order valence-corrected chi connectivity index (χ2v) is 8.85. The Kier molecular flexibility index (Phi) is 5.29. The third-order valence-electron chi connectivity index (χ3n) is 6.70. The van der Waals surface area contributed by atoms with E-state index in [-0.39, 0.29) is 36.0 Å². The molecule has 4 rings (SSSR count). The van der Waals surface area contributed by atoms with Gasteiger partial charge in [-0.2, -0.15) is 0 Å². The molecule has 156 valence electrons. The topological polar surface area (TPSA) is 90.0 Å². The number of nitrogens with one attached hydrogen (secondary N) is 1. The minimum Gasteiger partial charge on any atom is -0.465 e. The zero-order valence-corrected chi connectivity index (χ0v) is 17.2. The third-order valence-corrected chi connectivity index (χ3v) is 6.95. The van der Waals surface area contributed by atoms with Gasteiger partial charge in [0.05, 0.1) is 0 Å². The van der Waals surface area contributed by atoms with Crippen molar-refractivity contribution in [2.75, 3.05) is 33.2 Å². The SMILES string of the molecule is CN(C(=O)O)[C@]1(C(=O)C2CCN(C(=O)C3CC3)C2)CNC[C@H]1c1ccc(Cl)cc1. The molecular weight excluding hydrogens is 394 g/mol. The van der Waals surface area contributed by atoms with Crippen molar-refractivity contribution in [2.45, 2.75) is 30.7 Å². The minimum atomic E-state index is -1.21. The first-order chi connectivity index (χ1) is 13.8. The summed E-state index contributed by atoms with van der Waals surface area (Å²) >= 11 is 6.02. The highest BCUT2D eigenvalue weighted by molar-refractivity contribution is 6.30. The fraction of sp³-hybridized carbons (Fsp3) is 0.571. The minimum absolute atomic E-state index is 0.0987. The number of ketones is 1. The zero-order chi connectivity index (χ0) is 20.8. The second kappa shape index (κ2) is 7.61. The lowest BCUT2D eigenvalue weighted by Gasteiger charge is -2.41. The Morgan fingerprint density at radius 2 is 1.86 bits per heavy atom. The first-order valence-electron chi connectivity index (χ1n) is 10.1. The molecule has 1 saturated carbocycles. The van der Waals surface area contributed by atoms with Gasteiger partial charge in [-0.25, -0.2) is 4.79 Å². The normalized spacial score (nSPS) is 29.1. The van der Waals surface area contributed by atoms with Crippen LogP contribution in [0.4, 0.5) is 4.79 Å². The van der Waals surface area contributed by atoms with Gasteiger partial charge in [-0.1, -0.05) is 23.7 Å². The lowest BCUT2D eigenvalue weighted by Crippen LogP contribution is -2.61. The first-order valence-corrected chi connectivity index (χ1v) is 10.5. The Hall–Kier alpha value is -2.12. The molecule has 8 heteroatoms. The number of amides is 2. The van der Waals surface area contributed by atoms with E-state index >= 15 is 0 Å². The molecule has 3 atom stereocenters. The molecule has 29 heavy (non-hydrogen) atoms. The first kappa shape index (κ1) is 20.2. The van der Waals surface area contributed by atoms with Crippen LogP contribution in [0.3, 0.4) is 0 Å². The van der Waals surface area contributed by atoms with Gasteiger partial charge in [0.1, 0.15) is 5.54 Å². The van der Waals surface area contributed by atoms with E-state index in [9.17, 15) is 19.5 Å². The van der Waals surface area contributed by atoms with E-state index in [1.807, 2.05) is 12.1 Å². The van der Waals surface area contributed by atoms with E-state index in [1.165, 1.54) is 11.9 Å². The molecule has 1 unspecified atom stereocenters. The second-order valence-electron chi connectivity index (χ2n) is 8.41. The van der Waals surface area contributed by atoms with Crippen molar-refractivity contribution in [3.05, 3.63) is 34.9 Å². The van der Waals surface area contributed by atoms with Gasteiger partial charge in [-0.15, -0.1) is 0 Å². The Labute approximate surface area is 175 Å². The number of likely N-dealkylation sites (N-methyl/N-ethyl adjacent to an activating group) is 1. The predicted octanol–water partition coefficient (Wildman–Crippen LogP) is 2.20. The highest BCUT2D eigenvalue weighted by Gasteiger charge is 2.56. The number of carboxylic acid groups (broad SMARTS) is 1. The van der Waals surface area contributed by atoms with Crippen LogP contribution in [0.15, 0.2) is 24.3 Å². The maximum Gasteiger partial charge on any atom is 0.407 e. The summed E-state index contributed by atoms with van der Waals surface area (Å²) in [5.41, 5.74) is -0.326. The Morgan fingerprint density at radius 1 is 1.17 bits per heavy atom. The van der Waals surface area contributed by atoms with Crippen molar-refractivity contribution in [1.82, 2.24) is 15.1 Å². The van der Waals surface area contributed by atoms with E-state index < -0.39 is 11.6 Å². The van der Waals surface area contributed by atoms with Crippen LogP contribution in [0.1, 0.15) is 30.7 Å². The molecule has 2 heterocycles. The molecule has 3 fully saturated rings. The summed E-state index contributed by atoms with van der Waals surface area (Å²) in [7, 11) is 1.47. The van der Waals surface area contributed by atoms with E-state index in [4.69, 9.17) is 11.6 Å². The Balaban J connectivity index is 1.64. The largest absolute Gasteiger partial charge is 0.465 e. The highest BCUT2D eigenvalue weighted by Crippen LogP contribution is 2.41. The van der Waals surface area contributed by atoms with Crippen molar-refractivity contribution >= 4 is 29.4 Å². The number of nitrogens with zero attached hydrogens (tertiary/aromatic N) is 2. The van der Waals surface area contributed by atoms with Gasteiger partial charge < -0.3 is 15.3 Å². The van der Waals surface area contributed by atoms with E-state index in [1.54, 1.807) is 17.0 Å². The number of rotatable bonds is 5. The van der Waals surface area contributed by atoms with E-state index in [0.29, 0.717) is 31.1 Å². The van der Waals surface area contributed by atoms with E-state index in [0.717, 1.165) is 18.4 Å². The number of benzene rings is 1. The third kappa shape index (κ3) is 3.51. The molecule has 7 nitrogen and oxygen atoms in total. The lowest BCUT2D eigenvalue weighted by atomic mass is 9.73. The number of likely N-dealkylation sites (tertiary alicyclic amines) is 1. The van der Waals surface area contributed by atoms with Crippen LogP contribution < -0.4 is 5.32 Å². The smallest absolute Gasteiger partial charge is 0.407 e. The Bertz CT molecular complexity index is 826. The lowest BCUT2D eigenvalue weighted by molar-refractivity contribution is -0.134. The molecule has 0 aromatic heterocycles. The molecule has 2 N–H and O–H groups in total. The zero-order valence-electron chi connectivity index (χ0n) is 16.4. The number of Topliss-reactive ketones (excluding diaryl/α,β-unsaturated/α-hetero) is 1. The van der Waals surface area contributed by atoms with Gasteiger partial charge >= 0.3 is 6.09 Å². The van der Waals surface area contributed by atoms with Gasteiger partial charge in [-0.05, 0) is 37.0 Å². The molecule has 2 amide bonds. The number of hydrogen-bond acceptors (Lipinski definition) is 4. The molecule has 2 aliphatic heterocycles. The maximum atomic E-state index is 13.8. The van der Waals surface area contributed by atoms with Gasteiger partial charge in [-0.3, -0.25) is 14.5 Å². The summed E-state index contributed by atoms with van der Waals surface area (Å²) in [6.45, 7) is 1.71. The van der Waals surface area contributed by atoms with Crippen LogP contribution >= 0.6 is 11.6 Å². The molecule has 0 radical (unpaired) electrons. The summed E-state index contributed by atoms with van der Waals surface area (Å²) in [4.78, 5) is 41.2. The van der Waals surface area contributed by atoms with E-state index in [2.05, 4.69) is 5.32 Å². The number of carbonyl (C=O) groups excluding carboxylic acids is 2. The van der Waals surface area contributed by atoms with Gasteiger partial charge in [0, 0.05) is 56.0 Å². The van der Waals surface area contributed by atoms with Crippen LogP contribution in [0.5, 0.6) is 0 Å². The predicted molar refractivity (Wildman–Crippen MR) is 108 cm³/mol. The standard InChI is InChI=1S/C21H26ClN3O4/c1-24(20(28)29)21(12-23-10-17(21)13-4-6-16(22)7-5-13)18(26)15-8-9-25(11-15)19(27)14-2-3-14/h4-7,14-15,17,23H,2-3,8-12H2,1H3,(H,28,29)/t15?,17-,21+/m0/s1. The summed E-state index contributed by atoms with van der Waals surface area (Å²) in [6.07, 6.45) is 1.31. The van der Waals surface area contributed by atoms with Gasteiger partial charge in [0.15, 0.2) is 5.78 Å². The number of carbonyl (C=O) groups is 3. The van der Waals surface area contributed by atoms with Crippen LogP contribution in [-0.2, 0) is 9.59 Å². The van der Waals surface area contributed by atoms with Gasteiger partial charge in [0.2, 0.25) is 5.91 Å². The van der Waals surface area contributed by atoms with Crippen LogP contribution in [0, 0.1) is 11.8 Å². The molecule has 0 spiro atoms. The summed E-state index contributed by atoms with van der Waals surface area (Å²) < 4.78 is 0. The fourth-order valence-electron chi connectivity index (χ4n) is 4.85. The molecule has 1 aromatic carbocycles. The molecule has 2 saturated heterocycles. The summed E-state index contributed by atoms with van der Waals surface area (Å²) in [5, 5.41) is 13.6. The fourth-order valence-corrected chi connectivity index (χ4v) is 4.98. The average Bonchev–Trinajstić information content (AvgIpc) is 3.27. The molecule has 1 aromatic rings. The highest BCUT2D eigenvalue weighted by atomic mass is 35.5. The summed E-state index contributed by atoms with van der Waals surface area (Å²) in [5.74, 6) is -0.511. The van der Waals surface area contributed by atoms with Crippen molar-refractivity contribution in [3.63, 3.8) is 0 Å². The number of hydrogen-bond donors (Lipinski definition) is 2.